The number of hydrogen-bond acceptors (Lipinski definition) is 4. The SMILES string of the molecule is CCc1cnc(CNC(=NC)NCCCCN2CCCC(C)C2)s1. The average Bonchev–Trinajstić information content (AvgIpc) is 3.05. The highest BCUT2D eigenvalue weighted by Crippen LogP contribution is 2.15. The van der Waals surface area contributed by atoms with Gasteiger partial charge in [0.05, 0.1) is 6.54 Å². The van der Waals surface area contributed by atoms with Gasteiger partial charge in [-0.05, 0) is 51.1 Å². The third kappa shape index (κ3) is 6.77. The molecule has 2 heterocycles. The fourth-order valence-electron chi connectivity index (χ4n) is 3.13. The van der Waals surface area contributed by atoms with Gasteiger partial charge in [-0.15, -0.1) is 11.3 Å². The minimum absolute atomic E-state index is 0.746. The van der Waals surface area contributed by atoms with Gasteiger partial charge in [0.2, 0.25) is 0 Å². The summed E-state index contributed by atoms with van der Waals surface area (Å²) < 4.78 is 0. The maximum atomic E-state index is 4.43. The molecular formula is C18H33N5S. The number of unbranched alkanes of at least 4 members (excludes halogenated alkanes) is 1. The van der Waals surface area contributed by atoms with E-state index in [1.807, 2.05) is 13.2 Å². The Balaban J connectivity index is 1.56. The van der Waals surface area contributed by atoms with Crippen LogP contribution in [0, 0.1) is 5.92 Å². The minimum Gasteiger partial charge on any atom is -0.356 e. The number of aliphatic imine (C=N–C) groups is 1. The van der Waals surface area contributed by atoms with Crippen molar-refractivity contribution in [2.24, 2.45) is 10.9 Å². The van der Waals surface area contributed by atoms with E-state index in [1.165, 1.54) is 50.2 Å². The van der Waals surface area contributed by atoms with Crippen molar-refractivity contribution in [3.05, 3.63) is 16.1 Å². The molecule has 0 aliphatic carbocycles. The molecule has 1 unspecified atom stereocenters. The molecule has 0 spiro atoms. The van der Waals surface area contributed by atoms with Crippen molar-refractivity contribution in [3.8, 4) is 0 Å². The van der Waals surface area contributed by atoms with Crippen LogP contribution in [0.5, 0.6) is 0 Å². The average molecular weight is 352 g/mol. The third-order valence-corrected chi connectivity index (χ3v) is 5.66. The zero-order chi connectivity index (χ0) is 17.2. The lowest BCUT2D eigenvalue weighted by molar-refractivity contribution is 0.181. The quantitative estimate of drug-likeness (QED) is 0.430. The fraction of sp³-hybridized carbons (Fsp3) is 0.778. The normalized spacial score (nSPS) is 19.5. The van der Waals surface area contributed by atoms with Crippen LogP contribution in [0.15, 0.2) is 11.2 Å². The van der Waals surface area contributed by atoms with Gasteiger partial charge in [0.15, 0.2) is 5.96 Å². The highest BCUT2D eigenvalue weighted by atomic mass is 32.1. The molecule has 1 aliphatic rings. The van der Waals surface area contributed by atoms with Crippen molar-refractivity contribution in [2.75, 3.05) is 33.2 Å². The molecule has 1 saturated heterocycles. The fourth-order valence-corrected chi connectivity index (χ4v) is 3.93. The predicted molar refractivity (Wildman–Crippen MR) is 104 cm³/mol. The smallest absolute Gasteiger partial charge is 0.191 e. The van der Waals surface area contributed by atoms with Crippen LogP contribution in [-0.4, -0.2) is 49.1 Å². The molecule has 136 valence electrons. The van der Waals surface area contributed by atoms with E-state index in [0.717, 1.165) is 36.4 Å². The number of thiazole rings is 1. The molecule has 24 heavy (non-hydrogen) atoms. The molecule has 0 radical (unpaired) electrons. The molecular weight excluding hydrogens is 318 g/mol. The first kappa shape index (κ1) is 19.2. The van der Waals surface area contributed by atoms with Gasteiger partial charge in [-0.25, -0.2) is 4.98 Å². The van der Waals surface area contributed by atoms with Crippen LogP contribution < -0.4 is 10.6 Å². The maximum absolute atomic E-state index is 4.43. The number of aryl methyl sites for hydroxylation is 1. The molecule has 0 amide bonds. The first-order chi connectivity index (χ1) is 11.7. The summed E-state index contributed by atoms with van der Waals surface area (Å²) in [7, 11) is 1.82. The van der Waals surface area contributed by atoms with E-state index < -0.39 is 0 Å². The van der Waals surface area contributed by atoms with E-state index in [-0.39, 0.29) is 0 Å². The van der Waals surface area contributed by atoms with E-state index in [4.69, 9.17) is 0 Å². The number of nitrogens with zero attached hydrogens (tertiary/aromatic N) is 3. The van der Waals surface area contributed by atoms with Crippen LogP contribution in [-0.2, 0) is 13.0 Å². The van der Waals surface area contributed by atoms with E-state index in [2.05, 4.69) is 39.4 Å². The summed E-state index contributed by atoms with van der Waals surface area (Å²) in [6.45, 7) is 10.1. The van der Waals surface area contributed by atoms with E-state index in [1.54, 1.807) is 11.3 Å². The largest absolute Gasteiger partial charge is 0.356 e. The van der Waals surface area contributed by atoms with Crippen molar-refractivity contribution in [2.45, 2.75) is 52.5 Å². The Hall–Kier alpha value is -1.14. The van der Waals surface area contributed by atoms with Gasteiger partial charge in [-0.2, -0.15) is 0 Å². The van der Waals surface area contributed by atoms with Crippen molar-refractivity contribution in [3.63, 3.8) is 0 Å². The van der Waals surface area contributed by atoms with Crippen molar-refractivity contribution in [1.29, 1.82) is 0 Å². The van der Waals surface area contributed by atoms with Gasteiger partial charge >= 0.3 is 0 Å². The van der Waals surface area contributed by atoms with Gasteiger partial charge in [-0.3, -0.25) is 4.99 Å². The molecule has 1 aromatic rings. The Morgan fingerprint density at radius 1 is 1.42 bits per heavy atom. The number of hydrogen-bond donors (Lipinski definition) is 2. The van der Waals surface area contributed by atoms with Crippen LogP contribution in [0.4, 0.5) is 0 Å². The zero-order valence-corrected chi connectivity index (χ0v) is 16.3. The molecule has 1 aromatic heterocycles. The van der Waals surface area contributed by atoms with Gasteiger partial charge < -0.3 is 15.5 Å². The lowest BCUT2D eigenvalue weighted by atomic mass is 10.0. The summed E-state index contributed by atoms with van der Waals surface area (Å²) in [5.74, 6) is 1.74. The third-order valence-electron chi connectivity index (χ3n) is 4.52. The minimum atomic E-state index is 0.746. The highest BCUT2D eigenvalue weighted by Gasteiger charge is 2.15. The molecule has 0 aromatic carbocycles. The van der Waals surface area contributed by atoms with Gasteiger partial charge in [0.1, 0.15) is 5.01 Å². The number of piperidine rings is 1. The number of aromatic nitrogens is 1. The van der Waals surface area contributed by atoms with Gasteiger partial charge in [0.25, 0.3) is 0 Å². The Kier molecular flexibility index (Phi) is 8.53. The molecule has 2 rings (SSSR count). The number of likely N-dealkylation sites (tertiary alicyclic amines) is 1. The molecule has 0 bridgehead atoms. The standard InChI is InChI=1S/C18H33N5S/c1-4-16-12-21-17(24-16)13-22-18(19-3)20-9-5-6-10-23-11-7-8-15(2)14-23/h12,15H,4-11,13-14H2,1-3H3,(H2,19,20,22). The Bertz CT molecular complexity index is 499. The second-order valence-electron chi connectivity index (χ2n) is 6.68. The van der Waals surface area contributed by atoms with Gasteiger partial charge in [-0.1, -0.05) is 13.8 Å². The highest BCUT2D eigenvalue weighted by molar-refractivity contribution is 7.11. The monoisotopic (exact) mass is 351 g/mol. The van der Waals surface area contributed by atoms with Crippen molar-refractivity contribution in [1.82, 2.24) is 20.5 Å². The topological polar surface area (TPSA) is 52.6 Å². The summed E-state index contributed by atoms with van der Waals surface area (Å²) in [4.78, 5) is 12.7. The van der Waals surface area contributed by atoms with Crippen LogP contribution in [0.1, 0.15) is 49.4 Å². The summed E-state index contributed by atoms with van der Waals surface area (Å²) in [6, 6.07) is 0. The molecule has 2 N–H and O–H groups in total. The summed E-state index contributed by atoms with van der Waals surface area (Å²) in [5.41, 5.74) is 0. The van der Waals surface area contributed by atoms with Crippen LogP contribution in [0.2, 0.25) is 0 Å². The Morgan fingerprint density at radius 2 is 2.29 bits per heavy atom. The molecule has 6 heteroatoms. The summed E-state index contributed by atoms with van der Waals surface area (Å²) >= 11 is 1.77. The lowest BCUT2D eigenvalue weighted by Crippen LogP contribution is -2.38. The van der Waals surface area contributed by atoms with Gasteiger partial charge in [0, 0.05) is 31.2 Å². The second kappa shape index (κ2) is 10.7. The summed E-state index contributed by atoms with van der Waals surface area (Å²) in [6.07, 6.45) is 8.23. The van der Waals surface area contributed by atoms with Crippen LogP contribution in [0.25, 0.3) is 0 Å². The number of guanidine groups is 1. The summed E-state index contributed by atoms with van der Waals surface area (Å²) in [5, 5.41) is 7.87. The number of nitrogens with one attached hydrogen (secondary N) is 2. The molecule has 5 nitrogen and oxygen atoms in total. The second-order valence-corrected chi connectivity index (χ2v) is 7.88. The molecule has 0 saturated carbocycles. The van der Waals surface area contributed by atoms with Crippen LogP contribution >= 0.6 is 11.3 Å². The number of rotatable bonds is 8. The lowest BCUT2D eigenvalue weighted by Gasteiger charge is -2.30. The first-order valence-electron chi connectivity index (χ1n) is 9.31. The van der Waals surface area contributed by atoms with Crippen molar-refractivity contribution < 1.29 is 0 Å². The Morgan fingerprint density at radius 3 is 3.00 bits per heavy atom. The van der Waals surface area contributed by atoms with E-state index in [9.17, 15) is 0 Å². The van der Waals surface area contributed by atoms with Crippen LogP contribution in [0.3, 0.4) is 0 Å². The maximum Gasteiger partial charge on any atom is 0.191 e. The molecule has 1 aliphatic heterocycles. The predicted octanol–water partition coefficient (Wildman–Crippen LogP) is 2.88. The zero-order valence-electron chi connectivity index (χ0n) is 15.5. The Labute approximate surface area is 151 Å². The van der Waals surface area contributed by atoms with E-state index >= 15 is 0 Å². The molecule has 1 fully saturated rings. The molecule has 1 atom stereocenters. The first-order valence-corrected chi connectivity index (χ1v) is 10.1. The van der Waals surface area contributed by atoms with Crippen molar-refractivity contribution >= 4 is 17.3 Å². The van der Waals surface area contributed by atoms with E-state index in [0.29, 0.717) is 0 Å².